The number of aryl methyl sites for hydroxylation is 1. The van der Waals surface area contributed by atoms with Crippen LogP contribution in [0.25, 0.3) is 22.2 Å². The third-order valence-electron chi connectivity index (χ3n) is 5.52. The fraction of sp³-hybridized carbons (Fsp3) is 0.450. The predicted molar refractivity (Wildman–Crippen MR) is 108 cm³/mol. The third kappa shape index (κ3) is 3.87. The molecule has 1 fully saturated rings. The Morgan fingerprint density at radius 2 is 1.82 bits per heavy atom. The van der Waals surface area contributed by atoms with Gasteiger partial charge in [-0.2, -0.15) is 0 Å². The van der Waals surface area contributed by atoms with E-state index in [1.54, 1.807) is 17.1 Å². The van der Waals surface area contributed by atoms with Crippen molar-refractivity contribution in [2.75, 3.05) is 19.4 Å². The molecule has 146 valence electrons. The number of pyridine rings is 2. The summed E-state index contributed by atoms with van der Waals surface area (Å²) in [5.74, 6) is 0.692. The van der Waals surface area contributed by atoms with Crippen LogP contribution in [0.3, 0.4) is 0 Å². The van der Waals surface area contributed by atoms with Gasteiger partial charge < -0.3 is 10.2 Å². The van der Waals surface area contributed by atoms with Crippen LogP contribution in [0.1, 0.15) is 25.7 Å². The molecule has 3 aromatic heterocycles. The van der Waals surface area contributed by atoms with Crippen LogP contribution in [0, 0.1) is 5.92 Å². The summed E-state index contributed by atoms with van der Waals surface area (Å²) < 4.78 is 1.64. The molecule has 0 atom stereocenters. The van der Waals surface area contributed by atoms with Gasteiger partial charge in [-0.25, -0.2) is 4.98 Å². The minimum absolute atomic E-state index is 0.0568. The molecule has 1 amide bonds. The van der Waals surface area contributed by atoms with E-state index in [0.29, 0.717) is 17.6 Å². The summed E-state index contributed by atoms with van der Waals surface area (Å²) in [6.07, 6.45) is 9.28. The SMILES string of the molecule is Cn1cc(-c2cc3cc(NC(=O)[C@H]4CC[C@H](N(C)C)CC4)ncc3cn2)nn1. The molecule has 0 radical (unpaired) electrons. The topological polar surface area (TPSA) is 88.8 Å². The average Bonchev–Trinajstić information content (AvgIpc) is 3.14. The number of carbonyl (C=O) groups is 1. The van der Waals surface area contributed by atoms with Crippen LogP contribution in [0.2, 0.25) is 0 Å². The molecule has 0 aromatic carbocycles. The molecule has 0 unspecified atom stereocenters. The minimum Gasteiger partial charge on any atom is -0.310 e. The molecule has 8 nitrogen and oxygen atoms in total. The lowest BCUT2D eigenvalue weighted by atomic mass is 9.85. The molecule has 1 aliphatic carbocycles. The van der Waals surface area contributed by atoms with E-state index in [-0.39, 0.29) is 11.8 Å². The standard InChI is InChI=1S/C20H25N7O/c1-26(2)16-6-4-13(5-7-16)20(28)23-19-9-14-8-17(18-12-27(3)25-24-18)21-10-15(14)11-22-19/h8-13,16H,4-7H2,1-3H3,(H,22,23,28)/t13-,16-. The zero-order chi connectivity index (χ0) is 19.7. The number of amides is 1. The Morgan fingerprint density at radius 3 is 2.50 bits per heavy atom. The van der Waals surface area contributed by atoms with Gasteiger partial charge in [0.15, 0.2) is 0 Å². The van der Waals surface area contributed by atoms with Gasteiger partial charge >= 0.3 is 0 Å². The number of nitrogens with one attached hydrogen (secondary N) is 1. The van der Waals surface area contributed by atoms with Crippen molar-refractivity contribution in [3.63, 3.8) is 0 Å². The first kappa shape index (κ1) is 18.5. The van der Waals surface area contributed by atoms with Crippen LogP contribution in [0.5, 0.6) is 0 Å². The zero-order valence-corrected chi connectivity index (χ0v) is 16.5. The molecule has 1 aliphatic rings. The molecule has 1 saturated carbocycles. The maximum atomic E-state index is 12.7. The van der Waals surface area contributed by atoms with Crippen molar-refractivity contribution < 1.29 is 4.79 Å². The number of aromatic nitrogens is 5. The number of hydrogen-bond acceptors (Lipinski definition) is 6. The lowest BCUT2D eigenvalue weighted by molar-refractivity contribution is -0.121. The Balaban J connectivity index is 1.49. The molecule has 4 rings (SSSR count). The van der Waals surface area contributed by atoms with Gasteiger partial charge in [-0.3, -0.25) is 14.5 Å². The van der Waals surface area contributed by atoms with Gasteiger partial charge in [-0.15, -0.1) is 5.10 Å². The lowest BCUT2D eigenvalue weighted by Crippen LogP contribution is -2.35. The molecule has 0 aliphatic heterocycles. The van der Waals surface area contributed by atoms with E-state index in [1.165, 1.54) is 0 Å². The highest BCUT2D eigenvalue weighted by Crippen LogP contribution is 2.28. The van der Waals surface area contributed by atoms with Crippen molar-refractivity contribution in [1.29, 1.82) is 0 Å². The van der Waals surface area contributed by atoms with E-state index in [1.807, 2.05) is 25.4 Å². The van der Waals surface area contributed by atoms with Crippen molar-refractivity contribution >= 4 is 22.5 Å². The fourth-order valence-electron chi connectivity index (χ4n) is 3.79. The number of hydrogen-bond donors (Lipinski definition) is 1. The molecule has 3 aromatic rings. The predicted octanol–water partition coefficient (Wildman–Crippen LogP) is 2.48. The minimum atomic E-state index is 0.0568. The largest absolute Gasteiger partial charge is 0.310 e. The van der Waals surface area contributed by atoms with Crippen LogP contribution >= 0.6 is 0 Å². The molecule has 3 heterocycles. The second-order valence-electron chi connectivity index (χ2n) is 7.72. The first-order valence-electron chi connectivity index (χ1n) is 9.59. The summed E-state index contributed by atoms with van der Waals surface area (Å²) in [6.45, 7) is 0. The highest BCUT2D eigenvalue weighted by atomic mass is 16.1. The molecular formula is C20H25N7O. The van der Waals surface area contributed by atoms with Crippen LogP contribution < -0.4 is 5.32 Å². The number of fused-ring (bicyclic) bond motifs is 1. The van der Waals surface area contributed by atoms with Gasteiger partial charge in [0.1, 0.15) is 11.5 Å². The summed E-state index contributed by atoms with van der Waals surface area (Å²) in [5, 5.41) is 12.9. The van der Waals surface area contributed by atoms with Gasteiger partial charge in [0.25, 0.3) is 0 Å². The normalized spacial score (nSPS) is 19.9. The average molecular weight is 379 g/mol. The zero-order valence-electron chi connectivity index (χ0n) is 16.5. The maximum absolute atomic E-state index is 12.7. The summed E-state index contributed by atoms with van der Waals surface area (Å²) in [6, 6.07) is 4.41. The Labute approximate surface area is 164 Å². The molecular weight excluding hydrogens is 354 g/mol. The summed E-state index contributed by atoms with van der Waals surface area (Å²) in [5.41, 5.74) is 1.45. The number of nitrogens with zero attached hydrogens (tertiary/aromatic N) is 6. The highest BCUT2D eigenvalue weighted by molar-refractivity contribution is 5.94. The number of rotatable bonds is 4. The Kier molecular flexibility index (Phi) is 5.04. The summed E-state index contributed by atoms with van der Waals surface area (Å²) in [7, 11) is 6.03. The maximum Gasteiger partial charge on any atom is 0.228 e. The molecule has 0 spiro atoms. The Hall–Kier alpha value is -2.87. The van der Waals surface area contributed by atoms with Crippen molar-refractivity contribution in [3.8, 4) is 11.4 Å². The molecule has 0 bridgehead atoms. The van der Waals surface area contributed by atoms with Gasteiger partial charge in [0.05, 0.1) is 11.9 Å². The van der Waals surface area contributed by atoms with Crippen molar-refractivity contribution in [3.05, 3.63) is 30.7 Å². The van der Waals surface area contributed by atoms with E-state index in [9.17, 15) is 4.79 Å². The number of anilines is 1. The number of carbonyl (C=O) groups excluding carboxylic acids is 1. The molecule has 0 saturated heterocycles. The van der Waals surface area contributed by atoms with Crippen molar-refractivity contribution in [2.24, 2.45) is 13.0 Å². The van der Waals surface area contributed by atoms with E-state index in [2.05, 4.69) is 44.6 Å². The lowest BCUT2D eigenvalue weighted by Gasteiger charge is -2.31. The highest BCUT2D eigenvalue weighted by Gasteiger charge is 2.27. The Morgan fingerprint density at radius 1 is 1.07 bits per heavy atom. The van der Waals surface area contributed by atoms with Gasteiger partial charge in [0, 0.05) is 36.8 Å². The van der Waals surface area contributed by atoms with Gasteiger partial charge in [-0.05, 0) is 57.3 Å². The van der Waals surface area contributed by atoms with Crippen molar-refractivity contribution in [1.82, 2.24) is 29.9 Å². The Bertz CT molecular complexity index is 989. The monoisotopic (exact) mass is 379 g/mol. The van der Waals surface area contributed by atoms with Gasteiger partial charge in [-0.1, -0.05) is 5.21 Å². The summed E-state index contributed by atoms with van der Waals surface area (Å²) in [4.78, 5) is 23.7. The van der Waals surface area contributed by atoms with Crippen LogP contribution in [0.15, 0.2) is 30.7 Å². The van der Waals surface area contributed by atoms with E-state index < -0.39 is 0 Å². The van der Waals surface area contributed by atoms with E-state index in [4.69, 9.17) is 0 Å². The summed E-state index contributed by atoms with van der Waals surface area (Å²) >= 11 is 0. The second-order valence-corrected chi connectivity index (χ2v) is 7.72. The fourth-order valence-corrected chi connectivity index (χ4v) is 3.79. The quantitative estimate of drug-likeness (QED) is 0.749. The van der Waals surface area contributed by atoms with E-state index >= 15 is 0 Å². The smallest absolute Gasteiger partial charge is 0.228 e. The first-order valence-corrected chi connectivity index (χ1v) is 9.59. The van der Waals surface area contributed by atoms with Crippen LogP contribution in [0.4, 0.5) is 5.82 Å². The van der Waals surface area contributed by atoms with Gasteiger partial charge in [0.2, 0.25) is 5.91 Å². The second kappa shape index (κ2) is 7.63. The molecule has 1 N–H and O–H groups in total. The van der Waals surface area contributed by atoms with Crippen molar-refractivity contribution in [2.45, 2.75) is 31.7 Å². The first-order chi connectivity index (χ1) is 13.5. The van der Waals surface area contributed by atoms with Crippen LogP contribution in [-0.4, -0.2) is 55.9 Å². The van der Waals surface area contributed by atoms with Crippen LogP contribution in [-0.2, 0) is 11.8 Å². The molecule has 28 heavy (non-hydrogen) atoms. The van der Waals surface area contributed by atoms with E-state index in [0.717, 1.165) is 42.1 Å². The molecule has 8 heteroatoms. The third-order valence-corrected chi connectivity index (χ3v) is 5.52.